The van der Waals surface area contributed by atoms with Crippen molar-refractivity contribution in [1.82, 2.24) is 0 Å². The van der Waals surface area contributed by atoms with Crippen LogP contribution in [-0.4, -0.2) is 8.72 Å². The molecular weight excluding hydrogens is 901 g/mol. The molecule has 2 aliphatic rings. The molecule has 0 atom stereocenters. The molecule has 1 spiro atoms. The highest BCUT2D eigenvalue weighted by atomic mass is 28.4. The van der Waals surface area contributed by atoms with Gasteiger partial charge in [0.1, 0.15) is 0 Å². The van der Waals surface area contributed by atoms with Gasteiger partial charge < -0.3 is 18.3 Å². The summed E-state index contributed by atoms with van der Waals surface area (Å²) in [6, 6.07) is 92.4. The maximum absolute atomic E-state index is 4.26. The number of benzene rings is 12. The highest BCUT2D eigenvalue weighted by molar-refractivity contribution is 6.97. The topological polar surface area (TPSA) is 13.0 Å². The number of nitrogens with zero attached hydrogens (tertiary/aromatic N) is 4. The molecule has 0 fully saturated rings. The van der Waals surface area contributed by atoms with Gasteiger partial charge in [-0.25, -0.2) is 0 Å². The molecule has 2 heterocycles. The average molecular weight is 953 g/mol. The fourth-order valence-electron chi connectivity index (χ4n) is 12.4. The number of anilines is 8. The van der Waals surface area contributed by atoms with Gasteiger partial charge in [0.2, 0.25) is 0 Å². The van der Waals surface area contributed by atoms with Crippen molar-refractivity contribution in [2.24, 2.45) is 0 Å². The van der Waals surface area contributed by atoms with Crippen LogP contribution in [0.1, 0.15) is 22.3 Å². The molecule has 12 aromatic rings. The summed E-state index contributed by atoms with van der Waals surface area (Å²) in [7, 11) is -4.26. The van der Waals surface area contributed by atoms with E-state index in [2.05, 4.69) is 289 Å². The Labute approximate surface area is 428 Å². The first-order valence-corrected chi connectivity index (χ1v) is 27.2. The van der Waals surface area contributed by atoms with Crippen LogP contribution in [-0.2, 0) is 0 Å². The Morgan fingerprint density at radius 2 is 0.466 bits per heavy atom. The molecule has 2 aliphatic heterocycles. The monoisotopic (exact) mass is 952 g/mol. The van der Waals surface area contributed by atoms with Gasteiger partial charge in [-0.15, -0.1) is 0 Å². The Morgan fingerprint density at radius 3 is 0.699 bits per heavy atom. The van der Waals surface area contributed by atoms with Gasteiger partial charge in [0.05, 0.1) is 0 Å². The molecule has 4 nitrogen and oxygen atoms in total. The normalized spacial score (nSPS) is 13.8. The average Bonchev–Trinajstić information content (AvgIpc) is 3.60. The van der Waals surface area contributed by atoms with Gasteiger partial charge in [-0.1, -0.05) is 170 Å². The van der Waals surface area contributed by atoms with Crippen molar-refractivity contribution >= 4 is 97.3 Å². The Kier molecular flexibility index (Phi) is 9.76. The lowest BCUT2D eigenvalue weighted by Crippen LogP contribution is -2.81. The first kappa shape index (κ1) is 42.9. The number of rotatable bonds is 4. The van der Waals surface area contributed by atoms with E-state index in [0.717, 1.165) is 45.5 Å². The highest BCUT2D eigenvalue weighted by Gasteiger charge is 2.66. The van der Waals surface area contributed by atoms with Crippen LogP contribution in [0, 0.1) is 27.7 Å². The molecule has 0 N–H and O–H groups in total. The summed E-state index contributed by atoms with van der Waals surface area (Å²) in [4.78, 5) is 0. The van der Waals surface area contributed by atoms with Crippen LogP contribution in [0.2, 0.25) is 0 Å². The van der Waals surface area contributed by atoms with E-state index in [1.807, 2.05) is 0 Å². The van der Waals surface area contributed by atoms with Gasteiger partial charge in [0.25, 0.3) is 0 Å². The molecule has 0 aromatic heterocycles. The van der Waals surface area contributed by atoms with Crippen LogP contribution < -0.4 is 18.3 Å². The zero-order chi connectivity index (χ0) is 49.0. The number of hydrogen-bond acceptors (Lipinski definition) is 4. The summed E-state index contributed by atoms with van der Waals surface area (Å²) in [6.07, 6.45) is 0. The third-order valence-electron chi connectivity index (χ3n) is 15.3. The zero-order valence-electron chi connectivity index (χ0n) is 41.4. The third-order valence-corrected chi connectivity index (χ3v) is 19.7. The first-order valence-electron chi connectivity index (χ1n) is 25.4. The molecular formula is C68H52N4Si. The fraction of sp³-hybridized carbons (Fsp3) is 0.0588. The SMILES string of the molecule is Cc1cccc(N2c3ccc4ccccc4c3-c3c(ccc4ccccc34)N(c3cccc(C)c3)[Si]23N(c2cccc(C)c2)c2ccc4ccccc4c2-c2c(ccc4ccccc24)N3c2cccc(C)c2)c1. The Balaban J connectivity index is 1.34. The van der Waals surface area contributed by atoms with E-state index >= 15 is 0 Å². The molecule has 14 rings (SSSR count). The van der Waals surface area contributed by atoms with E-state index in [9.17, 15) is 0 Å². The van der Waals surface area contributed by atoms with E-state index in [4.69, 9.17) is 0 Å². The minimum absolute atomic E-state index is 1.11. The predicted octanol–water partition coefficient (Wildman–Crippen LogP) is 18.6. The van der Waals surface area contributed by atoms with E-state index in [-0.39, 0.29) is 0 Å². The molecule has 5 heteroatoms. The van der Waals surface area contributed by atoms with Crippen molar-refractivity contribution in [2.45, 2.75) is 27.7 Å². The van der Waals surface area contributed by atoms with E-state index in [0.29, 0.717) is 0 Å². The molecule has 0 amide bonds. The first-order chi connectivity index (χ1) is 35.9. The fourth-order valence-corrected chi connectivity index (χ4v) is 17.6. The van der Waals surface area contributed by atoms with Gasteiger partial charge in [0.15, 0.2) is 0 Å². The molecule has 0 bridgehead atoms. The number of hydrogen-bond donors (Lipinski definition) is 0. The lowest BCUT2D eigenvalue weighted by atomic mass is 9.90. The Morgan fingerprint density at radius 1 is 0.233 bits per heavy atom. The van der Waals surface area contributed by atoms with E-state index < -0.39 is 8.72 Å². The van der Waals surface area contributed by atoms with Crippen molar-refractivity contribution in [2.75, 3.05) is 18.3 Å². The minimum atomic E-state index is -4.26. The highest BCUT2D eigenvalue weighted by Crippen LogP contribution is 2.62. The quantitative estimate of drug-likeness (QED) is 0.163. The van der Waals surface area contributed by atoms with E-state index in [1.54, 1.807) is 0 Å². The summed E-state index contributed by atoms with van der Waals surface area (Å²) in [6.45, 7) is 8.96. The number of fused-ring (bicyclic) bond motifs is 14. The van der Waals surface area contributed by atoms with Crippen molar-refractivity contribution in [3.63, 3.8) is 0 Å². The minimum Gasteiger partial charge on any atom is -0.315 e. The second-order valence-corrected chi connectivity index (χ2v) is 23.0. The van der Waals surface area contributed by atoms with Crippen LogP contribution in [0.15, 0.2) is 243 Å². The molecule has 73 heavy (non-hydrogen) atoms. The van der Waals surface area contributed by atoms with Gasteiger partial charge in [-0.2, -0.15) is 0 Å². The summed E-state index contributed by atoms with van der Waals surface area (Å²) in [5.41, 5.74) is 18.6. The van der Waals surface area contributed by atoms with Crippen LogP contribution in [0.5, 0.6) is 0 Å². The largest absolute Gasteiger partial charge is 0.521 e. The summed E-state index contributed by atoms with van der Waals surface area (Å²) in [5, 5.41) is 9.63. The number of aryl methyl sites for hydroxylation is 4. The maximum atomic E-state index is 2.84. The van der Waals surface area contributed by atoms with Gasteiger partial charge >= 0.3 is 8.72 Å². The Bertz CT molecular complexity index is 3670. The zero-order valence-corrected chi connectivity index (χ0v) is 42.4. The van der Waals surface area contributed by atoms with Crippen molar-refractivity contribution in [1.29, 1.82) is 0 Å². The molecule has 0 saturated carbocycles. The third kappa shape index (κ3) is 6.45. The van der Waals surface area contributed by atoms with Crippen molar-refractivity contribution in [3.8, 4) is 22.3 Å². The van der Waals surface area contributed by atoms with Crippen molar-refractivity contribution in [3.05, 3.63) is 265 Å². The van der Waals surface area contributed by atoms with Crippen molar-refractivity contribution < 1.29 is 0 Å². The molecule has 0 aliphatic carbocycles. The molecule has 12 aromatic carbocycles. The smallest absolute Gasteiger partial charge is 0.315 e. The maximum Gasteiger partial charge on any atom is 0.521 e. The van der Waals surface area contributed by atoms with Gasteiger partial charge in [0, 0.05) is 67.8 Å². The van der Waals surface area contributed by atoms with Crippen LogP contribution in [0.3, 0.4) is 0 Å². The lowest BCUT2D eigenvalue weighted by Gasteiger charge is -2.58. The second kappa shape index (κ2) is 16.6. The molecule has 0 saturated heterocycles. The lowest BCUT2D eigenvalue weighted by molar-refractivity contribution is 1.10. The molecule has 0 radical (unpaired) electrons. The summed E-state index contributed by atoms with van der Waals surface area (Å²) >= 11 is 0. The summed E-state index contributed by atoms with van der Waals surface area (Å²) in [5.74, 6) is 0. The van der Waals surface area contributed by atoms with Crippen LogP contribution in [0.4, 0.5) is 45.5 Å². The van der Waals surface area contributed by atoms with Gasteiger partial charge in [-0.3, -0.25) is 0 Å². The van der Waals surface area contributed by atoms with Gasteiger partial charge in [-0.05, 0) is 166 Å². The van der Waals surface area contributed by atoms with E-state index in [1.165, 1.54) is 87.6 Å². The second-order valence-electron chi connectivity index (χ2n) is 20.0. The standard InChI is InChI=1S/C68H52N4Si/c1-45-17-13-25-53(41-45)69-61-37-33-49-21-5-9-29-57(49)65(61)66-58-30-10-6-22-50(58)34-38-62(66)70(54-26-14-18-46(2)42-54)73(69)71(55-27-15-19-47(3)43-55)63-39-35-51-23-7-11-31-59(51)67(63)68-60-32-12-8-24-52(60)36-40-64(68)72(73)56-28-16-20-48(4)44-56/h5-44H,1-4H3. The molecule has 348 valence electrons. The van der Waals surface area contributed by atoms with Crippen LogP contribution in [0.25, 0.3) is 65.3 Å². The van der Waals surface area contributed by atoms with Crippen LogP contribution >= 0.6 is 0 Å². The molecule has 0 unspecified atom stereocenters. The predicted molar refractivity (Wildman–Crippen MR) is 313 cm³/mol. The summed E-state index contributed by atoms with van der Waals surface area (Å²) < 4.78 is 11.4. The Hall–Kier alpha value is -8.90.